The van der Waals surface area contributed by atoms with E-state index in [-0.39, 0.29) is 23.7 Å². The van der Waals surface area contributed by atoms with E-state index in [1.165, 1.54) is 22.6 Å². The number of rotatable bonds is 10. The highest BCUT2D eigenvalue weighted by molar-refractivity contribution is 7.89. The second kappa shape index (κ2) is 11.3. The summed E-state index contributed by atoms with van der Waals surface area (Å²) in [6.45, 7) is 8.13. The van der Waals surface area contributed by atoms with Gasteiger partial charge in [-0.3, -0.25) is 4.98 Å². The van der Waals surface area contributed by atoms with E-state index in [4.69, 9.17) is 9.47 Å². The number of anilines is 2. The smallest absolute Gasteiger partial charge is 0.341 e. The summed E-state index contributed by atoms with van der Waals surface area (Å²) >= 11 is 0. The van der Waals surface area contributed by atoms with Gasteiger partial charge >= 0.3 is 11.9 Å². The number of ether oxygens (including phenoxy) is 2. The summed E-state index contributed by atoms with van der Waals surface area (Å²) in [5.41, 5.74) is 1.97. The van der Waals surface area contributed by atoms with Crippen LogP contribution >= 0.6 is 0 Å². The second-order valence-corrected chi connectivity index (χ2v) is 9.40. The molecule has 1 heterocycles. The zero-order valence-electron chi connectivity index (χ0n) is 20.2. The highest BCUT2D eigenvalue weighted by atomic mass is 32.2. The fourth-order valence-electron chi connectivity index (χ4n) is 3.60. The largest absolute Gasteiger partial charge is 0.462 e. The van der Waals surface area contributed by atoms with E-state index < -0.39 is 22.0 Å². The van der Waals surface area contributed by atoms with Gasteiger partial charge in [-0.25, -0.2) is 18.0 Å². The lowest BCUT2D eigenvalue weighted by Crippen LogP contribution is -2.30. The molecule has 0 spiro atoms. The molecule has 0 aliphatic heterocycles. The molecule has 0 aliphatic carbocycles. The first-order chi connectivity index (χ1) is 16.8. The Morgan fingerprint density at radius 2 is 1.54 bits per heavy atom. The van der Waals surface area contributed by atoms with Gasteiger partial charge in [-0.15, -0.1) is 0 Å². The fourth-order valence-corrected chi connectivity index (χ4v) is 5.06. The van der Waals surface area contributed by atoms with E-state index in [1.807, 2.05) is 0 Å². The summed E-state index contributed by atoms with van der Waals surface area (Å²) in [7, 11) is -3.61. The van der Waals surface area contributed by atoms with Crippen LogP contribution in [0.5, 0.6) is 0 Å². The number of pyridine rings is 1. The molecular formula is C25H29N3O6S. The zero-order chi connectivity index (χ0) is 25.6. The molecule has 3 rings (SSSR count). The Balaban J connectivity index is 2.08. The molecule has 0 amide bonds. The Bertz CT molecular complexity index is 1310. The van der Waals surface area contributed by atoms with Crippen LogP contribution in [-0.4, -0.2) is 55.9 Å². The van der Waals surface area contributed by atoms with Gasteiger partial charge in [-0.05, 0) is 56.3 Å². The molecule has 10 heteroatoms. The van der Waals surface area contributed by atoms with Crippen molar-refractivity contribution in [2.45, 2.75) is 32.6 Å². The van der Waals surface area contributed by atoms with Gasteiger partial charge in [0.2, 0.25) is 10.0 Å². The number of sulfonamides is 1. The van der Waals surface area contributed by atoms with Crippen LogP contribution in [0.15, 0.2) is 53.6 Å². The number of carbonyl (C=O) groups excluding carboxylic acids is 2. The first kappa shape index (κ1) is 26.1. The van der Waals surface area contributed by atoms with Crippen LogP contribution in [0, 0.1) is 0 Å². The molecule has 0 unspecified atom stereocenters. The maximum atomic E-state index is 12.8. The number of hydrogen-bond donors (Lipinski definition) is 1. The van der Waals surface area contributed by atoms with E-state index in [9.17, 15) is 18.0 Å². The molecule has 35 heavy (non-hydrogen) atoms. The normalized spacial score (nSPS) is 11.5. The van der Waals surface area contributed by atoms with E-state index >= 15 is 0 Å². The van der Waals surface area contributed by atoms with Crippen LogP contribution in [0.3, 0.4) is 0 Å². The van der Waals surface area contributed by atoms with Gasteiger partial charge in [-0.1, -0.05) is 13.8 Å². The van der Waals surface area contributed by atoms with Crippen molar-refractivity contribution in [2.75, 3.05) is 31.6 Å². The van der Waals surface area contributed by atoms with E-state index in [1.54, 1.807) is 58.0 Å². The molecule has 9 nitrogen and oxygen atoms in total. The molecular weight excluding hydrogens is 470 g/mol. The molecule has 1 N–H and O–H groups in total. The van der Waals surface area contributed by atoms with Crippen LogP contribution in [0.1, 0.15) is 48.4 Å². The lowest BCUT2D eigenvalue weighted by molar-refractivity contribution is 0.0518. The SMILES string of the molecule is CCOC(=O)c1ccc2ncc(C(=O)OCC)c(Nc3ccc(S(=O)(=O)N(CC)CC)cc3)c2c1. The molecule has 0 radical (unpaired) electrons. The van der Waals surface area contributed by atoms with Gasteiger partial charge in [0.25, 0.3) is 0 Å². The van der Waals surface area contributed by atoms with Crippen LogP contribution in [0.4, 0.5) is 11.4 Å². The highest BCUT2D eigenvalue weighted by Gasteiger charge is 2.22. The van der Waals surface area contributed by atoms with Crippen molar-refractivity contribution in [1.29, 1.82) is 0 Å². The summed E-state index contributed by atoms with van der Waals surface area (Å²) in [6.07, 6.45) is 1.41. The lowest BCUT2D eigenvalue weighted by atomic mass is 10.1. The Labute approximate surface area is 205 Å². The summed E-state index contributed by atoms with van der Waals surface area (Å²) in [5.74, 6) is -1.07. The number of aromatic nitrogens is 1. The van der Waals surface area contributed by atoms with Crippen LogP contribution in [0.2, 0.25) is 0 Å². The molecule has 0 bridgehead atoms. The van der Waals surface area contributed by atoms with Crippen molar-refractivity contribution >= 4 is 44.2 Å². The number of fused-ring (bicyclic) bond motifs is 1. The number of nitrogens with one attached hydrogen (secondary N) is 1. The van der Waals surface area contributed by atoms with Crippen molar-refractivity contribution in [3.05, 3.63) is 59.8 Å². The molecule has 1 aromatic heterocycles. The van der Waals surface area contributed by atoms with Gasteiger partial charge in [-0.2, -0.15) is 4.31 Å². The van der Waals surface area contributed by atoms with Crippen molar-refractivity contribution in [2.24, 2.45) is 0 Å². The Morgan fingerprint density at radius 1 is 0.914 bits per heavy atom. The quantitative estimate of drug-likeness (QED) is 0.409. The zero-order valence-corrected chi connectivity index (χ0v) is 21.0. The van der Waals surface area contributed by atoms with Gasteiger partial charge < -0.3 is 14.8 Å². The molecule has 3 aromatic rings. The highest BCUT2D eigenvalue weighted by Crippen LogP contribution is 2.31. The number of benzene rings is 2. The minimum atomic E-state index is -3.61. The van der Waals surface area contributed by atoms with Crippen molar-refractivity contribution < 1.29 is 27.5 Å². The third-order valence-corrected chi connectivity index (χ3v) is 7.41. The molecule has 2 aromatic carbocycles. The minimum Gasteiger partial charge on any atom is -0.462 e. The number of nitrogens with zero attached hydrogens (tertiary/aromatic N) is 2. The number of carbonyl (C=O) groups is 2. The van der Waals surface area contributed by atoms with Gasteiger partial charge in [0, 0.05) is 30.4 Å². The van der Waals surface area contributed by atoms with E-state index in [0.717, 1.165) is 0 Å². The Kier molecular flexibility index (Phi) is 8.42. The summed E-state index contributed by atoms with van der Waals surface area (Å²) in [5, 5.41) is 3.70. The molecule has 0 aliphatic rings. The topological polar surface area (TPSA) is 115 Å². The monoisotopic (exact) mass is 499 g/mol. The first-order valence-electron chi connectivity index (χ1n) is 11.4. The molecule has 0 fully saturated rings. The van der Waals surface area contributed by atoms with Crippen LogP contribution in [-0.2, 0) is 19.5 Å². The minimum absolute atomic E-state index is 0.168. The van der Waals surface area contributed by atoms with Crippen molar-refractivity contribution in [3.8, 4) is 0 Å². The number of hydrogen-bond acceptors (Lipinski definition) is 8. The van der Waals surface area contributed by atoms with Gasteiger partial charge in [0.1, 0.15) is 5.56 Å². The first-order valence-corrected chi connectivity index (χ1v) is 12.8. The molecule has 0 saturated heterocycles. The van der Waals surface area contributed by atoms with Crippen LogP contribution in [0.25, 0.3) is 10.9 Å². The summed E-state index contributed by atoms with van der Waals surface area (Å²) in [4.78, 5) is 29.5. The van der Waals surface area contributed by atoms with E-state index in [0.29, 0.717) is 40.9 Å². The fraction of sp³-hybridized carbons (Fsp3) is 0.320. The number of esters is 2. The third-order valence-electron chi connectivity index (χ3n) is 5.34. The van der Waals surface area contributed by atoms with Crippen LogP contribution < -0.4 is 5.32 Å². The summed E-state index contributed by atoms with van der Waals surface area (Å²) in [6, 6.07) is 11.1. The molecule has 0 saturated carbocycles. The second-order valence-electron chi connectivity index (χ2n) is 7.46. The standard InChI is InChI=1S/C25H29N3O6S/c1-5-28(6-2)35(31,32)19-12-10-18(11-13-19)27-23-20-15-17(24(29)33-7-3)9-14-22(20)26-16-21(23)25(30)34-8-4/h9-16H,5-8H2,1-4H3,(H,26,27). The molecule has 0 atom stereocenters. The average Bonchev–Trinajstić information content (AvgIpc) is 2.85. The van der Waals surface area contributed by atoms with Crippen molar-refractivity contribution in [1.82, 2.24) is 9.29 Å². The summed E-state index contributed by atoms with van der Waals surface area (Å²) < 4.78 is 37.3. The molecule has 186 valence electrons. The Hall–Kier alpha value is -3.50. The van der Waals surface area contributed by atoms with Gasteiger partial charge in [0.05, 0.1) is 34.9 Å². The predicted octanol–water partition coefficient (Wildman–Crippen LogP) is 4.36. The van der Waals surface area contributed by atoms with Crippen molar-refractivity contribution in [3.63, 3.8) is 0 Å². The maximum absolute atomic E-state index is 12.8. The van der Waals surface area contributed by atoms with Gasteiger partial charge in [0.15, 0.2) is 0 Å². The van der Waals surface area contributed by atoms with E-state index in [2.05, 4.69) is 10.3 Å². The predicted molar refractivity (Wildman–Crippen MR) is 133 cm³/mol. The Morgan fingerprint density at radius 3 is 2.14 bits per heavy atom. The maximum Gasteiger partial charge on any atom is 0.341 e. The average molecular weight is 500 g/mol. The lowest BCUT2D eigenvalue weighted by Gasteiger charge is -2.19. The third kappa shape index (κ3) is 5.60.